The molecule has 3 aromatic rings. The first-order chi connectivity index (χ1) is 16.1. The van der Waals surface area contributed by atoms with Crippen LogP contribution in [0.2, 0.25) is 5.02 Å². The molecule has 0 spiro atoms. The van der Waals surface area contributed by atoms with Crippen LogP contribution < -0.4 is 4.72 Å². The third-order valence-electron chi connectivity index (χ3n) is 4.56. The van der Waals surface area contributed by atoms with Gasteiger partial charge in [0.05, 0.1) is 16.3 Å². The minimum atomic E-state index is -3.85. The van der Waals surface area contributed by atoms with Gasteiger partial charge in [-0.25, -0.2) is 8.42 Å². The fourth-order valence-electron chi connectivity index (χ4n) is 2.88. The number of nitrogens with zero attached hydrogens (tertiary/aromatic N) is 6. The van der Waals surface area contributed by atoms with E-state index in [1.165, 1.54) is 48.5 Å². The summed E-state index contributed by atoms with van der Waals surface area (Å²) in [5.74, 6) is -1.25. The minimum Gasteiger partial charge on any atom is -0.269 e. The van der Waals surface area contributed by atoms with Crippen LogP contribution in [0.4, 0.5) is 10.8 Å². The molecule has 174 valence electrons. The van der Waals surface area contributed by atoms with E-state index < -0.39 is 27.9 Å². The van der Waals surface area contributed by atoms with Crippen molar-refractivity contribution in [1.82, 2.24) is 15.2 Å². The number of nitrogens with one attached hydrogen (secondary N) is 1. The molecule has 0 fully saturated rings. The number of imide groups is 1. The SMILES string of the molecule is CC1=NN(C(=O)c2ccc(Cl)cc2)C(=O)C1N=Nc1ccc(S(=O)(=O)Nc2nnc(C)s2)cc1. The topological polar surface area (TPSA) is 146 Å². The largest absolute Gasteiger partial charge is 0.282 e. The van der Waals surface area contributed by atoms with E-state index in [2.05, 4.69) is 30.2 Å². The number of azo groups is 1. The van der Waals surface area contributed by atoms with Crippen molar-refractivity contribution >= 4 is 61.3 Å². The molecular weight excluding hydrogens is 502 g/mol. The average molecular weight is 518 g/mol. The van der Waals surface area contributed by atoms with Crippen molar-refractivity contribution in [3.63, 3.8) is 0 Å². The molecule has 14 heteroatoms. The van der Waals surface area contributed by atoms with Gasteiger partial charge in [0.15, 0.2) is 6.04 Å². The molecule has 1 aliphatic rings. The lowest BCUT2D eigenvalue weighted by molar-refractivity contribution is -0.127. The number of amides is 2. The number of benzene rings is 2. The van der Waals surface area contributed by atoms with Crippen LogP contribution in [0.3, 0.4) is 0 Å². The van der Waals surface area contributed by atoms with Gasteiger partial charge in [0.25, 0.3) is 21.8 Å². The van der Waals surface area contributed by atoms with Crippen molar-refractivity contribution in [2.75, 3.05) is 4.72 Å². The van der Waals surface area contributed by atoms with E-state index in [0.29, 0.717) is 21.4 Å². The molecule has 1 atom stereocenters. The van der Waals surface area contributed by atoms with E-state index in [-0.39, 0.29) is 15.6 Å². The quantitative estimate of drug-likeness (QED) is 0.388. The summed E-state index contributed by atoms with van der Waals surface area (Å²) in [4.78, 5) is 25.3. The molecule has 0 radical (unpaired) electrons. The van der Waals surface area contributed by atoms with Crippen LogP contribution in [0.15, 0.2) is 68.8 Å². The lowest BCUT2D eigenvalue weighted by atomic mass is 10.2. The first kappa shape index (κ1) is 23.6. The summed E-state index contributed by atoms with van der Waals surface area (Å²) in [6.07, 6.45) is 0. The summed E-state index contributed by atoms with van der Waals surface area (Å²) >= 11 is 6.95. The Hall–Kier alpha value is -3.55. The number of aromatic nitrogens is 2. The summed E-state index contributed by atoms with van der Waals surface area (Å²) in [5, 5.41) is 21.5. The maximum absolute atomic E-state index is 12.7. The standard InChI is InChI=1S/C20H16ClN7O4S2/c1-11-17(19(30)28(26-11)18(29)13-3-5-14(21)6-4-13)24-23-15-7-9-16(10-8-15)34(31,32)27-20-25-22-12(2)33-20/h3-10,17H,1-2H3,(H,25,27). The molecular formula is C20H16ClN7O4S2. The molecule has 2 heterocycles. The van der Waals surface area contributed by atoms with Gasteiger partial charge in [-0.3, -0.25) is 14.3 Å². The predicted molar refractivity (Wildman–Crippen MR) is 126 cm³/mol. The number of hydrogen-bond acceptors (Lipinski definition) is 10. The molecule has 11 nitrogen and oxygen atoms in total. The zero-order valence-corrected chi connectivity index (χ0v) is 20.1. The molecule has 34 heavy (non-hydrogen) atoms. The van der Waals surface area contributed by atoms with Crippen LogP contribution in [0.25, 0.3) is 0 Å². The van der Waals surface area contributed by atoms with E-state index >= 15 is 0 Å². The van der Waals surface area contributed by atoms with E-state index in [1.54, 1.807) is 13.8 Å². The monoisotopic (exact) mass is 517 g/mol. The first-order valence-electron chi connectivity index (χ1n) is 9.67. The van der Waals surface area contributed by atoms with Crippen LogP contribution in [0, 0.1) is 6.92 Å². The fourth-order valence-corrected chi connectivity index (χ4v) is 4.83. The zero-order valence-electron chi connectivity index (χ0n) is 17.7. The first-order valence-corrected chi connectivity index (χ1v) is 12.3. The predicted octanol–water partition coefficient (Wildman–Crippen LogP) is 3.81. The molecule has 2 aromatic carbocycles. The van der Waals surface area contributed by atoms with Crippen molar-refractivity contribution in [3.8, 4) is 0 Å². The molecule has 0 aliphatic carbocycles. The van der Waals surface area contributed by atoms with Gasteiger partial charge in [0, 0.05) is 10.6 Å². The molecule has 0 saturated carbocycles. The average Bonchev–Trinajstić information content (AvgIpc) is 3.33. The van der Waals surface area contributed by atoms with Crippen molar-refractivity contribution in [1.29, 1.82) is 0 Å². The van der Waals surface area contributed by atoms with Gasteiger partial charge in [-0.2, -0.15) is 20.3 Å². The summed E-state index contributed by atoms with van der Waals surface area (Å²) in [6, 6.07) is 10.6. The van der Waals surface area contributed by atoms with Gasteiger partial charge >= 0.3 is 0 Å². The van der Waals surface area contributed by atoms with Gasteiger partial charge in [-0.15, -0.1) is 10.2 Å². The lowest BCUT2D eigenvalue weighted by Crippen LogP contribution is -2.34. The number of halogens is 1. The Balaban J connectivity index is 1.45. The third-order valence-corrected chi connectivity index (χ3v) is 7.05. The maximum Gasteiger partial charge on any atom is 0.282 e. The number of sulfonamides is 1. The summed E-state index contributed by atoms with van der Waals surface area (Å²) in [5.41, 5.74) is 0.863. The Morgan fingerprint density at radius 3 is 2.38 bits per heavy atom. The molecule has 0 saturated heterocycles. The Morgan fingerprint density at radius 1 is 1.09 bits per heavy atom. The van der Waals surface area contributed by atoms with Gasteiger partial charge < -0.3 is 0 Å². The second-order valence-corrected chi connectivity index (χ2v) is 10.3. The number of aryl methyl sites for hydroxylation is 1. The third kappa shape index (κ3) is 5.00. The zero-order chi connectivity index (χ0) is 24.5. The van der Waals surface area contributed by atoms with Crippen molar-refractivity contribution in [3.05, 3.63) is 64.1 Å². The highest BCUT2D eigenvalue weighted by Gasteiger charge is 2.38. The second-order valence-electron chi connectivity index (χ2n) is 7.05. The van der Waals surface area contributed by atoms with Crippen LogP contribution in [0.1, 0.15) is 22.3 Å². The molecule has 1 N–H and O–H groups in total. The van der Waals surface area contributed by atoms with Crippen molar-refractivity contribution in [2.24, 2.45) is 15.3 Å². The number of hydrogen-bond donors (Lipinski definition) is 1. The minimum absolute atomic E-state index is 0.00581. The van der Waals surface area contributed by atoms with Gasteiger partial charge in [0.2, 0.25) is 5.13 Å². The van der Waals surface area contributed by atoms with E-state index in [9.17, 15) is 18.0 Å². The van der Waals surface area contributed by atoms with E-state index in [4.69, 9.17) is 11.6 Å². The lowest BCUT2D eigenvalue weighted by Gasteiger charge is -2.10. The number of carbonyl (C=O) groups is 2. The number of carbonyl (C=O) groups excluding carboxylic acids is 2. The van der Waals surface area contributed by atoms with Crippen LogP contribution in [0.5, 0.6) is 0 Å². The van der Waals surface area contributed by atoms with Gasteiger partial charge in [0.1, 0.15) is 5.01 Å². The highest BCUT2D eigenvalue weighted by atomic mass is 35.5. The van der Waals surface area contributed by atoms with E-state index in [0.717, 1.165) is 16.3 Å². The molecule has 2 amide bonds. The Kier molecular flexibility index (Phi) is 6.50. The summed E-state index contributed by atoms with van der Waals surface area (Å²) in [6.45, 7) is 3.27. The van der Waals surface area contributed by atoms with Crippen molar-refractivity contribution < 1.29 is 18.0 Å². The Labute approximate surface area is 203 Å². The molecule has 1 unspecified atom stereocenters. The van der Waals surface area contributed by atoms with Crippen LogP contribution in [-0.4, -0.2) is 47.2 Å². The molecule has 1 aromatic heterocycles. The second kappa shape index (κ2) is 9.37. The summed E-state index contributed by atoms with van der Waals surface area (Å²) in [7, 11) is -3.85. The highest BCUT2D eigenvalue weighted by molar-refractivity contribution is 7.93. The van der Waals surface area contributed by atoms with Crippen LogP contribution >= 0.6 is 22.9 Å². The fraction of sp³-hybridized carbons (Fsp3) is 0.150. The van der Waals surface area contributed by atoms with Gasteiger partial charge in [-0.1, -0.05) is 22.9 Å². The normalized spacial score (nSPS) is 16.2. The maximum atomic E-state index is 12.7. The van der Waals surface area contributed by atoms with Crippen LogP contribution in [-0.2, 0) is 14.8 Å². The number of anilines is 1. The van der Waals surface area contributed by atoms with Gasteiger partial charge in [-0.05, 0) is 62.4 Å². The van der Waals surface area contributed by atoms with E-state index in [1.807, 2.05) is 0 Å². The molecule has 0 bridgehead atoms. The molecule has 4 rings (SSSR count). The number of hydrazone groups is 1. The highest BCUT2D eigenvalue weighted by Crippen LogP contribution is 2.23. The number of rotatable bonds is 6. The smallest absolute Gasteiger partial charge is 0.269 e. The Morgan fingerprint density at radius 2 is 1.76 bits per heavy atom. The summed E-state index contributed by atoms with van der Waals surface area (Å²) < 4.78 is 27.3. The molecule has 1 aliphatic heterocycles. The Bertz CT molecular complexity index is 1420. The van der Waals surface area contributed by atoms with Crippen molar-refractivity contribution in [2.45, 2.75) is 24.8 Å².